The van der Waals surface area contributed by atoms with Gasteiger partial charge in [0, 0.05) is 0 Å². The maximum Gasteiger partial charge on any atom is 0.348 e. The number of aliphatic hydroxyl groups excluding tert-OH is 4. The molecule has 0 unspecified atom stereocenters. The molecule has 5 N–H and O–H groups in total. The summed E-state index contributed by atoms with van der Waals surface area (Å²) in [5.74, 6) is -0.00920. The molecular weight excluding hydrogens is 354 g/mol. The normalized spacial score (nSPS) is 28.5. The zero-order valence-corrected chi connectivity index (χ0v) is 14.1. The third-order valence-electron chi connectivity index (χ3n) is 4.77. The lowest BCUT2D eigenvalue weighted by atomic mass is 9.95. The predicted octanol–water partition coefficient (Wildman–Crippen LogP) is -0.771. The highest BCUT2D eigenvalue weighted by Crippen LogP contribution is 2.30. The molecule has 0 amide bonds. The molecule has 1 aromatic heterocycles. The van der Waals surface area contributed by atoms with Crippen molar-refractivity contribution in [2.45, 2.75) is 30.5 Å². The molecule has 1 aliphatic heterocycles. The zero-order chi connectivity index (χ0) is 19.1. The van der Waals surface area contributed by atoms with Crippen LogP contribution in [0.2, 0.25) is 0 Å². The third kappa shape index (κ3) is 3.05. The minimum atomic E-state index is -1.55. The van der Waals surface area contributed by atoms with Gasteiger partial charge in [-0.25, -0.2) is 4.79 Å². The van der Waals surface area contributed by atoms with E-state index in [0.717, 1.165) is 15.5 Å². The summed E-state index contributed by atoms with van der Waals surface area (Å²) in [6.45, 7) is -0.558. The molecule has 1 saturated heterocycles. The van der Waals surface area contributed by atoms with Crippen molar-refractivity contribution >= 4 is 10.8 Å². The van der Waals surface area contributed by atoms with Crippen LogP contribution in [0.3, 0.4) is 0 Å². The van der Waals surface area contributed by atoms with Crippen molar-refractivity contribution in [2.75, 3.05) is 6.61 Å². The molecule has 0 bridgehead atoms. The number of hydrogen-bond donors (Lipinski definition) is 5. The maximum absolute atomic E-state index is 12.4. The zero-order valence-electron chi connectivity index (χ0n) is 14.1. The van der Waals surface area contributed by atoms with Gasteiger partial charge in [0.25, 0.3) is 0 Å². The highest BCUT2D eigenvalue weighted by atomic mass is 16.5. The molecule has 9 nitrogen and oxygen atoms in total. The van der Waals surface area contributed by atoms with Crippen molar-refractivity contribution in [2.24, 2.45) is 0 Å². The lowest BCUT2D eigenvalue weighted by Crippen LogP contribution is -2.55. The van der Waals surface area contributed by atoms with Gasteiger partial charge >= 0.3 is 5.69 Å². The minimum Gasteiger partial charge on any atom is -0.394 e. The second-order valence-corrected chi connectivity index (χ2v) is 6.51. The number of nitrogens with zero attached hydrogens (tertiary/aromatic N) is 2. The van der Waals surface area contributed by atoms with Crippen molar-refractivity contribution in [3.63, 3.8) is 0 Å². The summed E-state index contributed by atoms with van der Waals surface area (Å²) in [6, 6.07) is 13.1. The lowest BCUT2D eigenvalue weighted by molar-refractivity contribution is -0.233. The highest BCUT2D eigenvalue weighted by molar-refractivity contribution is 5.84. The van der Waals surface area contributed by atoms with E-state index in [1.165, 1.54) is 0 Å². The molecule has 142 valence electrons. The van der Waals surface area contributed by atoms with E-state index >= 15 is 0 Å². The van der Waals surface area contributed by atoms with Gasteiger partial charge in [0.05, 0.1) is 12.3 Å². The lowest BCUT2D eigenvalue weighted by Gasteiger charge is -2.38. The first-order valence-corrected chi connectivity index (χ1v) is 8.48. The van der Waals surface area contributed by atoms with Crippen molar-refractivity contribution in [3.8, 4) is 5.69 Å². The first-order chi connectivity index (χ1) is 13.0. The number of aromatic amines is 1. The number of fused-ring (bicyclic) bond motifs is 1. The molecule has 5 atom stereocenters. The van der Waals surface area contributed by atoms with Gasteiger partial charge in [-0.1, -0.05) is 30.3 Å². The molecule has 2 heterocycles. The van der Waals surface area contributed by atoms with E-state index in [9.17, 15) is 25.2 Å². The topological polar surface area (TPSA) is 141 Å². The second kappa shape index (κ2) is 6.87. The Labute approximate surface area is 153 Å². The van der Waals surface area contributed by atoms with Gasteiger partial charge in [-0.15, -0.1) is 5.10 Å². The van der Waals surface area contributed by atoms with Crippen molar-refractivity contribution in [1.29, 1.82) is 0 Å². The standard InChI is InChI=1S/C18H19N3O6/c22-8-12-13(23)14(24)15(25)16(27-12)17-19-18(26)21(20-17)11-6-5-9-3-1-2-4-10(9)7-11/h1-7,12-16,22-25H,8H2,(H,19,20,26)/t12-,13-,14+,15-,16-/m1/s1. The van der Waals surface area contributed by atoms with Crippen LogP contribution in [0.15, 0.2) is 47.3 Å². The van der Waals surface area contributed by atoms with Crippen molar-refractivity contribution in [1.82, 2.24) is 14.8 Å². The largest absolute Gasteiger partial charge is 0.394 e. The fourth-order valence-corrected chi connectivity index (χ4v) is 3.28. The van der Waals surface area contributed by atoms with Crippen LogP contribution in [0.5, 0.6) is 0 Å². The number of H-pyrrole nitrogens is 1. The number of aliphatic hydroxyl groups is 4. The molecule has 2 aromatic carbocycles. The molecule has 4 rings (SSSR count). The van der Waals surface area contributed by atoms with Crippen molar-refractivity contribution < 1.29 is 25.2 Å². The summed E-state index contributed by atoms with van der Waals surface area (Å²) in [4.78, 5) is 14.9. The van der Waals surface area contributed by atoms with Gasteiger partial charge in [0.15, 0.2) is 5.82 Å². The quantitative estimate of drug-likeness (QED) is 0.406. The number of rotatable bonds is 3. The third-order valence-corrected chi connectivity index (χ3v) is 4.77. The molecule has 0 aliphatic carbocycles. The average molecular weight is 373 g/mol. The molecule has 9 heteroatoms. The number of nitrogens with one attached hydrogen (secondary N) is 1. The minimum absolute atomic E-state index is 0.00920. The van der Waals surface area contributed by atoms with E-state index in [1.807, 2.05) is 30.3 Å². The van der Waals surface area contributed by atoms with Crippen molar-refractivity contribution in [3.05, 3.63) is 58.8 Å². The van der Waals surface area contributed by atoms with E-state index < -0.39 is 42.8 Å². The second-order valence-electron chi connectivity index (χ2n) is 6.51. The number of benzene rings is 2. The van der Waals surface area contributed by atoms with Crippen LogP contribution in [0.1, 0.15) is 11.9 Å². The Morgan fingerprint density at radius 2 is 1.78 bits per heavy atom. The monoisotopic (exact) mass is 373 g/mol. The predicted molar refractivity (Wildman–Crippen MR) is 94.4 cm³/mol. The van der Waals surface area contributed by atoms with Gasteiger partial charge in [-0.05, 0) is 22.9 Å². The van der Waals surface area contributed by atoms with Crippen LogP contribution < -0.4 is 5.69 Å². The Morgan fingerprint density at radius 3 is 2.52 bits per heavy atom. The van der Waals surface area contributed by atoms with Crippen LogP contribution in [-0.4, -0.2) is 66.2 Å². The van der Waals surface area contributed by atoms with E-state index in [-0.39, 0.29) is 5.82 Å². The summed E-state index contributed by atoms with van der Waals surface area (Å²) in [6.07, 6.45) is -6.82. The molecule has 1 aliphatic rings. The van der Waals surface area contributed by atoms with Gasteiger partial charge in [0.2, 0.25) is 0 Å². The summed E-state index contributed by atoms with van der Waals surface area (Å²) in [5, 5.41) is 45.4. The van der Waals surface area contributed by atoms with E-state index in [4.69, 9.17) is 4.74 Å². The fraction of sp³-hybridized carbons (Fsp3) is 0.333. The Hall–Kier alpha value is -2.56. The number of hydrogen-bond acceptors (Lipinski definition) is 7. The summed E-state index contributed by atoms with van der Waals surface area (Å²) in [7, 11) is 0. The highest BCUT2D eigenvalue weighted by Gasteiger charge is 2.45. The van der Waals surface area contributed by atoms with E-state index in [1.54, 1.807) is 12.1 Å². The summed E-state index contributed by atoms with van der Waals surface area (Å²) in [5.41, 5.74) is -0.0250. The van der Waals surface area contributed by atoms with E-state index in [2.05, 4.69) is 10.1 Å². The van der Waals surface area contributed by atoms with Gasteiger partial charge in [0.1, 0.15) is 30.5 Å². The van der Waals surface area contributed by atoms with E-state index in [0.29, 0.717) is 5.69 Å². The number of ether oxygens (including phenoxy) is 1. The first-order valence-electron chi connectivity index (χ1n) is 8.48. The van der Waals surface area contributed by atoms with Crippen LogP contribution in [0, 0.1) is 0 Å². The number of aromatic nitrogens is 3. The Balaban J connectivity index is 1.71. The Morgan fingerprint density at radius 1 is 1.04 bits per heavy atom. The van der Waals surface area contributed by atoms with Gasteiger partial charge < -0.3 is 25.2 Å². The summed E-state index contributed by atoms with van der Waals surface area (Å²) >= 11 is 0. The molecule has 3 aromatic rings. The van der Waals surface area contributed by atoms with Crippen LogP contribution >= 0.6 is 0 Å². The van der Waals surface area contributed by atoms with Crippen LogP contribution in [-0.2, 0) is 4.74 Å². The molecule has 1 fully saturated rings. The van der Waals surface area contributed by atoms with Gasteiger partial charge in [-0.3, -0.25) is 4.98 Å². The van der Waals surface area contributed by atoms with Gasteiger partial charge in [-0.2, -0.15) is 4.68 Å². The average Bonchev–Trinajstić information content (AvgIpc) is 3.07. The molecule has 0 saturated carbocycles. The SMILES string of the molecule is O=c1[nH]c([C@@H]2O[C@H](CO)[C@@H](O)[C@H](O)[C@H]2O)nn1-c1ccc2ccccc2c1. The molecule has 0 radical (unpaired) electrons. The molecule has 0 spiro atoms. The first kappa shape index (κ1) is 17.8. The van der Waals surface area contributed by atoms with Crippen LogP contribution in [0.4, 0.5) is 0 Å². The smallest absolute Gasteiger partial charge is 0.348 e. The van der Waals surface area contributed by atoms with Crippen LogP contribution in [0.25, 0.3) is 16.5 Å². The summed E-state index contributed by atoms with van der Waals surface area (Å²) < 4.78 is 6.56. The molecular formula is C18H19N3O6. The maximum atomic E-state index is 12.4. The fourth-order valence-electron chi connectivity index (χ4n) is 3.28. The Kier molecular flexibility index (Phi) is 4.54. The molecule has 27 heavy (non-hydrogen) atoms. The Bertz CT molecular complexity index is 1010.